The summed E-state index contributed by atoms with van der Waals surface area (Å²) in [6.07, 6.45) is 5.06. The Hall–Kier alpha value is -2.67. The van der Waals surface area contributed by atoms with E-state index < -0.39 is 5.91 Å². The average molecular weight is 356 g/mol. The van der Waals surface area contributed by atoms with Gasteiger partial charge in [0.25, 0.3) is 5.91 Å². The molecule has 2 aromatic rings. The highest BCUT2D eigenvalue weighted by Crippen LogP contribution is 2.34. The second kappa shape index (κ2) is 7.29. The number of carbonyl (C=O) groups is 2. The highest BCUT2D eigenvalue weighted by Gasteiger charge is 2.27. The molecule has 1 heterocycles. The summed E-state index contributed by atoms with van der Waals surface area (Å²) in [4.78, 5) is 40.4. The van der Waals surface area contributed by atoms with E-state index in [1.807, 2.05) is 0 Å². The molecule has 1 fully saturated rings. The fourth-order valence-corrected chi connectivity index (χ4v) is 3.81. The standard InChI is InChI=1S/C19H24N4O3/c1-2-14(24)23(21)13-10-6-9-12-16(13)18(25)15(17(22-12)19(20)26)11-7-4-3-5-8-11/h6,9-11H,2-5,7-8,21H2,1H3,(H2,20,26)(H,22,25). The maximum atomic E-state index is 13.4. The summed E-state index contributed by atoms with van der Waals surface area (Å²) in [7, 11) is 0. The molecule has 26 heavy (non-hydrogen) atoms. The van der Waals surface area contributed by atoms with E-state index in [4.69, 9.17) is 11.6 Å². The largest absolute Gasteiger partial charge is 0.364 e. The van der Waals surface area contributed by atoms with Gasteiger partial charge in [0.15, 0.2) is 5.43 Å². The molecular formula is C19H24N4O3. The molecule has 0 bridgehead atoms. The Morgan fingerprint density at radius 3 is 2.54 bits per heavy atom. The fraction of sp³-hybridized carbons (Fsp3) is 0.421. The van der Waals surface area contributed by atoms with Crippen molar-refractivity contribution in [3.8, 4) is 0 Å². The van der Waals surface area contributed by atoms with Crippen molar-refractivity contribution in [1.29, 1.82) is 0 Å². The molecule has 7 heteroatoms. The van der Waals surface area contributed by atoms with Crippen LogP contribution in [-0.2, 0) is 4.79 Å². The summed E-state index contributed by atoms with van der Waals surface area (Å²) in [5, 5.41) is 1.33. The number of fused-ring (bicyclic) bond motifs is 1. The van der Waals surface area contributed by atoms with Crippen molar-refractivity contribution < 1.29 is 9.59 Å². The van der Waals surface area contributed by atoms with Gasteiger partial charge >= 0.3 is 0 Å². The molecule has 138 valence electrons. The molecule has 3 rings (SSSR count). The number of pyridine rings is 1. The Kier molecular flexibility index (Phi) is 5.08. The molecule has 5 N–H and O–H groups in total. The maximum Gasteiger partial charge on any atom is 0.265 e. The third kappa shape index (κ3) is 3.10. The van der Waals surface area contributed by atoms with Crippen LogP contribution in [-0.4, -0.2) is 16.8 Å². The molecule has 1 aliphatic rings. The number of hydrazine groups is 1. The van der Waals surface area contributed by atoms with Crippen LogP contribution in [0.25, 0.3) is 10.9 Å². The minimum atomic E-state index is -0.649. The number of carbonyl (C=O) groups excluding carboxylic acids is 2. The molecule has 1 saturated carbocycles. The predicted molar refractivity (Wildman–Crippen MR) is 101 cm³/mol. The van der Waals surface area contributed by atoms with Gasteiger partial charge < -0.3 is 10.7 Å². The van der Waals surface area contributed by atoms with Gasteiger partial charge in [0, 0.05) is 12.0 Å². The van der Waals surface area contributed by atoms with Crippen LogP contribution in [0.4, 0.5) is 5.69 Å². The molecule has 0 atom stereocenters. The van der Waals surface area contributed by atoms with Crippen molar-refractivity contribution in [2.75, 3.05) is 5.01 Å². The lowest BCUT2D eigenvalue weighted by molar-refractivity contribution is -0.118. The van der Waals surface area contributed by atoms with E-state index in [1.54, 1.807) is 25.1 Å². The van der Waals surface area contributed by atoms with Gasteiger partial charge in [-0.1, -0.05) is 32.3 Å². The highest BCUT2D eigenvalue weighted by molar-refractivity contribution is 6.03. The first-order valence-electron chi connectivity index (χ1n) is 9.02. The number of nitrogens with one attached hydrogen (secondary N) is 1. The number of benzene rings is 1. The lowest BCUT2D eigenvalue weighted by Crippen LogP contribution is -2.38. The van der Waals surface area contributed by atoms with Gasteiger partial charge in [0.2, 0.25) is 5.91 Å². The number of amides is 2. The molecule has 0 saturated heterocycles. The monoisotopic (exact) mass is 356 g/mol. The number of hydrogen-bond donors (Lipinski definition) is 3. The third-order valence-corrected chi connectivity index (χ3v) is 5.13. The Labute approximate surface area is 151 Å². The van der Waals surface area contributed by atoms with Crippen molar-refractivity contribution in [2.45, 2.75) is 51.4 Å². The second-order valence-corrected chi connectivity index (χ2v) is 6.76. The molecular weight excluding hydrogens is 332 g/mol. The van der Waals surface area contributed by atoms with Crippen LogP contribution in [0.2, 0.25) is 0 Å². The van der Waals surface area contributed by atoms with Crippen molar-refractivity contribution in [3.05, 3.63) is 39.7 Å². The van der Waals surface area contributed by atoms with E-state index in [-0.39, 0.29) is 29.4 Å². The smallest absolute Gasteiger partial charge is 0.265 e. The Bertz CT molecular complexity index is 913. The number of primary amides is 1. The van der Waals surface area contributed by atoms with E-state index >= 15 is 0 Å². The zero-order chi connectivity index (χ0) is 18.8. The van der Waals surface area contributed by atoms with Crippen LogP contribution >= 0.6 is 0 Å². The number of nitrogens with zero attached hydrogens (tertiary/aromatic N) is 1. The quantitative estimate of drug-likeness (QED) is 0.442. The Morgan fingerprint density at radius 2 is 1.92 bits per heavy atom. The number of rotatable bonds is 4. The first kappa shape index (κ1) is 18.1. The first-order chi connectivity index (χ1) is 12.5. The molecule has 2 amide bonds. The zero-order valence-corrected chi connectivity index (χ0v) is 14.9. The number of anilines is 1. The van der Waals surface area contributed by atoms with E-state index in [2.05, 4.69) is 4.98 Å². The molecule has 1 aromatic carbocycles. The number of aromatic nitrogens is 1. The number of nitrogens with two attached hydrogens (primary N) is 2. The maximum absolute atomic E-state index is 13.4. The summed E-state index contributed by atoms with van der Waals surface area (Å²) in [5.41, 5.74) is 6.65. The van der Waals surface area contributed by atoms with Gasteiger partial charge in [-0.05, 0) is 30.9 Å². The van der Waals surface area contributed by atoms with Crippen LogP contribution < -0.4 is 22.0 Å². The van der Waals surface area contributed by atoms with Gasteiger partial charge in [0.05, 0.1) is 16.6 Å². The third-order valence-electron chi connectivity index (χ3n) is 5.13. The van der Waals surface area contributed by atoms with Crippen LogP contribution in [0.1, 0.15) is 67.4 Å². The summed E-state index contributed by atoms with van der Waals surface area (Å²) in [5.74, 6) is 4.99. The molecule has 0 unspecified atom stereocenters. The summed E-state index contributed by atoms with van der Waals surface area (Å²) < 4.78 is 0. The molecule has 0 aliphatic heterocycles. The van der Waals surface area contributed by atoms with Gasteiger partial charge in [-0.3, -0.25) is 14.4 Å². The Balaban J connectivity index is 2.30. The summed E-state index contributed by atoms with van der Waals surface area (Å²) in [6.45, 7) is 1.70. The van der Waals surface area contributed by atoms with Gasteiger partial charge in [0.1, 0.15) is 5.69 Å². The van der Waals surface area contributed by atoms with Crippen molar-refractivity contribution in [3.63, 3.8) is 0 Å². The lowest BCUT2D eigenvalue weighted by atomic mass is 9.82. The summed E-state index contributed by atoms with van der Waals surface area (Å²) in [6, 6.07) is 5.00. The minimum Gasteiger partial charge on any atom is -0.364 e. The van der Waals surface area contributed by atoms with Crippen LogP contribution in [0.15, 0.2) is 23.0 Å². The van der Waals surface area contributed by atoms with Gasteiger partial charge in [-0.25, -0.2) is 10.9 Å². The predicted octanol–water partition coefficient (Wildman–Crippen LogP) is 2.29. The average Bonchev–Trinajstić information content (AvgIpc) is 2.66. The minimum absolute atomic E-state index is 0.0134. The van der Waals surface area contributed by atoms with Crippen molar-refractivity contribution in [1.82, 2.24) is 4.98 Å². The highest BCUT2D eigenvalue weighted by atomic mass is 16.2. The van der Waals surface area contributed by atoms with E-state index in [0.29, 0.717) is 22.2 Å². The molecule has 1 aliphatic carbocycles. The Morgan fingerprint density at radius 1 is 1.23 bits per heavy atom. The first-order valence-corrected chi connectivity index (χ1v) is 9.02. The molecule has 0 spiro atoms. The van der Waals surface area contributed by atoms with Gasteiger partial charge in [-0.15, -0.1) is 0 Å². The topological polar surface area (TPSA) is 122 Å². The molecule has 0 radical (unpaired) electrons. The normalized spacial score (nSPS) is 15.2. The van der Waals surface area contributed by atoms with Crippen LogP contribution in [0.3, 0.4) is 0 Å². The number of H-pyrrole nitrogens is 1. The zero-order valence-electron chi connectivity index (χ0n) is 14.9. The van der Waals surface area contributed by atoms with E-state index in [9.17, 15) is 14.4 Å². The van der Waals surface area contributed by atoms with Crippen molar-refractivity contribution in [2.24, 2.45) is 11.6 Å². The SMILES string of the molecule is CCC(=O)N(N)c1cccc2[nH]c(C(N)=O)c(C3CCCCC3)c(=O)c12. The second-order valence-electron chi connectivity index (χ2n) is 6.76. The number of hydrogen-bond acceptors (Lipinski definition) is 4. The fourth-order valence-electron chi connectivity index (χ4n) is 3.81. The molecule has 1 aromatic heterocycles. The number of aromatic amines is 1. The van der Waals surface area contributed by atoms with Gasteiger partial charge in [-0.2, -0.15) is 0 Å². The van der Waals surface area contributed by atoms with Crippen molar-refractivity contribution >= 4 is 28.4 Å². The van der Waals surface area contributed by atoms with E-state index in [1.165, 1.54) is 0 Å². The molecule has 7 nitrogen and oxygen atoms in total. The van der Waals surface area contributed by atoms with E-state index in [0.717, 1.165) is 37.1 Å². The summed E-state index contributed by atoms with van der Waals surface area (Å²) >= 11 is 0. The van der Waals surface area contributed by atoms with Crippen LogP contribution in [0, 0.1) is 0 Å². The lowest BCUT2D eigenvalue weighted by Gasteiger charge is -2.24. The van der Waals surface area contributed by atoms with Crippen LogP contribution in [0.5, 0.6) is 0 Å².